The van der Waals surface area contributed by atoms with Gasteiger partial charge in [-0.1, -0.05) is 5.16 Å². The van der Waals surface area contributed by atoms with E-state index in [-0.39, 0.29) is 11.7 Å². The van der Waals surface area contributed by atoms with E-state index in [4.69, 9.17) is 9.63 Å². The van der Waals surface area contributed by atoms with Crippen LogP contribution in [0.5, 0.6) is 0 Å². The zero-order chi connectivity index (χ0) is 18.8. The summed E-state index contributed by atoms with van der Waals surface area (Å²) in [5, 5.41) is 13.0. The van der Waals surface area contributed by atoms with Crippen molar-refractivity contribution in [2.75, 3.05) is 18.0 Å². The minimum absolute atomic E-state index is 0.274. The van der Waals surface area contributed by atoms with Gasteiger partial charge in [0.15, 0.2) is 0 Å². The predicted octanol–water partition coefficient (Wildman–Crippen LogP) is 3.24. The van der Waals surface area contributed by atoms with E-state index in [2.05, 4.69) is 20.0 Å². The van der Waals surface area contributed by atoms with Gasteiger partial charge in [-0.3, -0.25) is 4.79 Å². The van der Waals surface area contributed by atoms with Gasteiger partial charge in [0.25, 0.3) is 5.89 Å². The van der Waals surface area contributed by atoms with Crippen molar-refractivity contribution >= 4 is 11.8 Å². The quantitative estimate of drug-likeness (QED) is 0.756. The van der Waals surface area contributed by atoms with E-state index in [1.165, 1.54) is 12.1 Å². The summed E-state index contributed by atoms with van der Waals surface area (Å²) in [5.41, 5.74) is 1.34. The number of hydrogen-bond donors (Lipinski definition) is 1. The highest BCUT2D eigenvalue weighted by Gasteiger charge is 2.25. The molecular weight excluding hydrogens is 351 g/mol. The monoisotopic (exact) mass is 368 g/mol. The van der Waals surface area contributed by atoms with Crippen molar-refractivity contribution < 1.29 is 18.8 Å². The Balaban J connectivity index is 1.47. The third kappa shape index (κ3) is 3.64. The average molecular weight is 368 g/mol. The lowest BCUT2D eigenvalue weighted by Crippen LogP contribution is -2.36. The van der Waals surface area contributed by atoms with Crippen LogP contribution in [0.1, 0.15) is 12.8 Å². The number of carboxylic acids is 1. The number of anilines is 1. The Morgan fingerprint density at radius 2 is 1.81 bits per heavy atom. The molecule has 4 rings (SSSR count). The lowest BCUT2D eigenvalue weighted by atomic mass is 9.97. The van der Waals surface area contributed by atoms with Gasteiger partial charge in [0.2, 0.25) is 5.82 Å². The maximum absolute atomic E-state index is 13.0. The molecule has 1 aliphatic heterocycles. The summed E-state index contributed by atoms with van der Waals surface area (Å²) in [6, 6.07) is 9.56. The number of piperidine rings is 1. The third-order valence-corrected chi connectivity index (χ3v) is 4.69. The minimum Gasteiger partial charge on any atom is -0.481 e. The standard InChI is InChI=1S/C19H17FN4O3/c20-15-4-1-12(2-5-15)17-22-18(27-23-17)14-3-6-16(21-11-14)24-9-7-13(8-10-24)19(25)26/h1-6,11,13H,7-10H2,(H,25,26). The predicted molar refractivity (Wildman–Crippen MR) is 95.5 cm³/mol. The Kier molecular flexibility index (Phi) is 4.53. The van der Waals surface area contributed by atoms with Gasteiger partial charge >= 0.3 is 5.97 Å². The van der Waals surface area contributed by atoms with Crippen LogP contribution in [0.25, 0.3) is 22.8 Å². The van der Waals surface area contributed by atoms with E-state index in [9.17, 15) is 9.18 Å². The van der Waals surface area contributed by atoms with Crippen LogP contribution < -0.4 is 4.90 Å². The summed E-state index contributed by atoms with van der Waals surface area (Å²) < 4.78 is 18.3. The van der Waals surface area contributed by atoms with E-state index in [0.717, 1.165) is 5.82 Å². The molecule has 0 bridgehead atoms. The fourth-order valence-electron chi connectivity index (χ4n) is 3.11. The smallest absolute Gasteiger partial charge is 0.306 e. The Hall–Kier alpha value is -3.29. The minimum atomic E-state index is -0.730. The third-order valence-electron chi connectivity index (χ3n) is 4.69. The second-order valence-electron chi connectivity index (χ2n) is 6.43. The summed E-state index contributed by atoms with van der Waals surface area (Å²) in [7, 11) is 0. The first kappa shape index (κ1) is 17.1. The number of carbonyl (C=O) groups is 1. The van der Waals surface area contributed by atoms with Gasteiger partial charge in [-0.15, -0.1) is 0 Å². The first-order valence-electron chi connectivity index (χ1n) is 8.64. The van der Waals surface area contributed by atoms with Gasteiger partial charge < -0.3 is 14.5 Å². The fourth-order valence-corrected chi connectivity index (χ4v) is 3.11. The van der Waals surface area contributed by atoms with Crippen LogP contribution >= 0.6 is 0 Å². The van der Waals surface area contributed by atoms with Gasteiger partial charge in [0.05, 0.1) is 11.5 Å². The molecule has 2 aromatic heterocycles. The Morgan fingerprint density at radius 1 is 1.11 bits per heavy atom. The van der Waals surface area contributed by atoms with Crippen LogP contribution in [-0.4, -0.2) is 39.3 Å². The summed E-state index contributed by atoms with van der Waals surface area (Å²) in [4.78, 5) is 21.9. The molecule has 138 valence electrons. The van der Waals surface area contributed by atoms with Crippen LogP contribution in [0.4, 0.5) is 10.2 Å². The highest BCUT2D eigenvalue weighted by atomic mass is 19.1. The second kappa shape index (κ2) is 7.14. The number of nitrogens with zero attached hydrogens (tertiary/aromatic N) is 4. The molecule has 0 unspecified atom stereocenters. The van der Waals surface area contributed by atoms with Crippen molar-refractivity contribution in [1.29, 1.82) is 0 Å². The molecule has 0 atom stereocenters. The van der Waals surface area contributed by atoms with Crippen molar-refractivity contribution in [2.45, 2.75) is 12.8 Å². The zero-order valence-corrected chi connectivity index (χ0v) is 14.4. The van der Waals surface area contributed by atoms with E-state index >= 15 is 0 Å². The fraction of sp³-hybridized carbons (Fsp3) is 0.263. The zero-order valence-electron chi connectivity index (χ0n) is 14.4. The van der Waals surface area contributed by atoms with Crippen molar-refractivity contribution in [3.05, 3.63) is 48.4 Å². The van der Waals surface area contributed by atoms with Gasteiger partial charge in [0, 0.05) is 24.8 Å². The van der Waals surface area contributed by atoms with Crippen LogP contribution in [-0.2, 0) is 4.79 Å². The number of pyridine rings is 1. The Labute approximate surface area is 154 Å². The van der Waals surface area contributed by atoms with E-state index in [1.807, 2.05) is 12.1 Å². The number of rotatable bonds is 4. The Morgan fingerprint density at radius 3 is 2.44 bits per heavy atom. The number of hydrogen-bond acceptors (Lipinski definition) is 6. The molecule has 3 heterocycles. The number of aliphatic carboxylic acids is 1. The lowest BCUT2D eigenvalue weighted by molar-refractivity contribution is -0.142. The number of aromatic nitrogens is 3. The Bertz CT molecular complexity index is 932. The molecule has 0 aliphatic carbocycles. The highest BCUT2D eigenvalue weighted by molar-refractivity contribution is 5.70. The van der Waals surface area contributed by atoms with Gasteiger partial charge in [0.1, 0.15) is 11.6 Å². The van der Waals surface area contributed by atoms with E-state index < -0.39 is 5.97 Å². The molecule has 0 radical (unpaired) electrons. The first-order chi connectivity index (χ1) is 13.1. The maximum atomic E-state index is 13.0. The summed E-state index contributed by atoms with van der Waals surface area (Å²) in [6.45, 7) is 1.33. The number of benzene rings is 1. The SMILES string of the molecule is O=C(O)C1CCN(c2ccc(-c3nc(-c4ccc(F)cc4)no3)cn2)CC1. The molecule has 1 aliphatic rings. The molecule has 1 N–H and O–H groups in total. The average Bonchev–Trinajstić information content (AvgIpc) is 3.19. The topological polar surface area (TPSA) is 92.3 Å². The maximum Gasteiger partial charge on any atom is 0.306 e. The molecule has 1 saturated heterocycles. The van der Waals surface area contributed by atoms with E-state index in [0.29, 0.717) is 48.8 Å². The van der Waals surface area contributed by atoms with Crippen molar-refractivity contribution in [3.63, 3.8) is 0 Å². The molecule has 0 amide bonds. The van der Waals surface area contributed by atoms with Gasteiger partial charge in [-0.25, -0.2) is 9.37 Å². The molecular formula is C19H17FN4O3. The van der Waals surface area contributed by atoms with E-state index in [1.54, 1.807) is 18.3 Å². The molecule has 0 saturated carbocycles. The van der Waals surface area contributed by atoms with Crippen molar-refractivity contribution in [3.8, 4) is 22.8 Å². The van der Waals surface area contributed by atoms with Crippen molar-refractivity contribution in [2.24, 2.45) is 5.92 Å². The molecule has 27 heavy (non-hydrogen) atoms. The lowest BCUT2D eigenvalue weighted by Gasteiger charge is -2.30. The van der Waals surface area contributed by atoms with Crippen LogP contribution in [0, 0.1) is 11.7 Å². The molecule has 1 fully saturated rings. The normalized spacial score (nSPS) is 15.1. The summed E-state index contributed by atoms with van der Waals surface area (Å²) in [6.07, 6.45) is 2.88. The molecule has 7 nitrogen and oxygen atoms in total. The molecule has 8 heteroatoms. The highest BCUT2D eigenvalue weighted by Crippen LogP contribution is 2.25. The molecule has 3 aromatic rings. The van der Waals surface area contributed by atoms with Crippen LogP contribution in [0.3, 0.4) is 0 Å². The second-order valence-corrected chi connectivity index (χ2v) is 6.43. The summed E-state index contributed by atoms with van der Waals surface area (Å²) in [5.74, 6) is 0.174. The van der Waals surface area contributed by atoms with Crippen LogP contribution in [0.2, 0.25) is 0 Å². The van der Waals surface area contributed by atoms with Gasteiger partial charge in [-0.2, -0.15) is 4.98 Å². The van der Waals surface area contributed by atoms with Crippen molar-refractivity contribution in [1.82, 2.24) is 15.1 Å². The molecule has 0 spiro atoms. The number of carboxylic acid groups (broad SMARTS) is 1. The largest absolute Gasteiger partial charge is 0.481 e. The molecule has 1 aromatic carbocycles. The van der Waals surface area contributed by atoms with Gasteiger partial charge in [-0.05, 0) is 49.2 Å². The summed E-state index contributed by atoms with van der Waals surface area (Å²) >= 11 is 0. The number of halogens is 1. The first-order valence-corrected chi connectivity index (χ1v) is 8.64. The van der Waals surface area contributed by atoms with Crippen LogP contribution in [0.15, 0.2) is 47.1 Å².